The van der Waals surface area contributed by atoms with E-state index in [1.165, 1.54) is 12.8 Å². The molecule has 0 aromatic heterocycles. The van der Waals surface area contributed by atoms with Crippen molar-refractivity contribution >= 4 is 11.9 Å². The van der Waals surface area contributed by atoms with Crippen LogP contribution in [0.4, 0.5) is 0 Å². The third kappa shape index (κ3) is 5.30. The molecule has 0 bridgehead atoms. The van der Waals surface area contributed by atoms with Crippen molar-refractivity contribution in [2.24, 2.45) is 0 Å². The maximum atomic E-state index is 12.4. The normalized spacial score (nSPS) is 19.4. The second-order valence-electron chi connectivity index (χ2n) is 7.11. The summed E-state index contributed by atoms with van der Waals surface area (Å²) in [5.41, 5.74) is -0.501. The van der Waals surface area contributed by atoms with Crippen molar-refractivity contribution < 1.29 is 19.4 Å². The SMILES string of the molecule is CC(OC1CCCCCC1)C(=O)NCC(C)(C(=O)O)c1ccccc1. The lowest BCUT2D eigenvalue weighted by Gasteiger charge is -2.27. The van der Waals surface area contributed by atoms with Crippen molar-refractivity contribution in [2.75, 3.05) is 6.54 Å². The van der Waals surface area contributed by atoms with Crippen LogP contribution in [0, 0.1) is 0 Å². The molecule has 5 heteroatoms. The van der Waals surface area contributed by atoms with Gasteiger partial charge in [-0.25, -0.2) is 0 Å². The van der Waals surface area contributed by atoms with Crippen LogP contribution < -0.4 is 5.32 Å². The molecule has 0 saturated heterocycles. The molecule has 2 rings (SSSR count). The molecular formula is C20H29NO4. The van der Waals surface area contributed by atoms with Crippen LogP contribution in [-0.4, -0.2) is 35.7 Å². The Labute approximate surface area is 149 Å². The van der Waals surface area contributed by atoms with Gasteiger partial charge in [0.25, 0.3) is 0 Å². The molecule has 1 fully saturated rings. The number of rotatable bonds is 7. The quantitative estimate of drug-likeness (QED) is 0.742. The first-order chi connectivity index (χ1) is 11.9. The standard InChI is InChI=1S/C20H29NO4/c1-15(25-17-12-8-3-4-9-13-17)18(22)21-14-20(2,19(23)24)16-10-6-5-7-11-16/h5-7,10-11,15,17H,3-4,8-9,12-14H2,1-2H3,(H,21,22)(H,23,24). The van der Waals surface area contributed by atoms with E-state index in [1.807, 2.05) is 6.07 Å². The Morgan fingerprint density at radius 1 is 1.20 bits per heavy atom. The molecule has 138 valence electrons. The fourth-order valence-corrected chi connectivity index (χ4v) is 3.24. The largest absolute Gasteiger partial charge is 0.481 e. The lowest BCUT2D eigenvalue weighted by atomic mass is 9.82. The van der Waals surface area contributed by atoms with Gasteiger partial charge in [-0.15, -0.1) is 0 Å². The molecule has 2 N–H and O–H groups in total. The third-order valence-corrected chi connectivity index (χ3v) is 5.07. The van der Waals surface area contributed by atoms with Gasteiger partial charge >= 0.3 is 5.97 Å². The Hall–Kier alpha value is -1.88. The molecule has 0 heterocycles. The molecule has 5 nitrogen and oxygen atoms in total. The number of ether oxygens (including phenoxy) is 1. The maximum Gasteiger partial charge on any atom is 0.315 e. The number of hydrogen-bond donors (Lipinski definition) is 2. The Bertz CT molecular complexity index is 566. The molecule has 1 aliphatic rings. The molecule has 2 atom stereocenters. The number of hydrogen-bond acceptors (Lipinski definition) is 3. The summed E-state index contributed by atoms with van der Waals surface area (Å²) in [6.45, 7) is 3.40. The molecule has 1 aromatic rings. The first-order valence-corrected chi connectivity index (χ1v) is 9.15. The van der Waals surface area contributed by atoms with Gasteiger partial charge in [-0.05, 0) is 32.3 Å². The summed E-state index contributed by atoms with van der Waals surface area (Å²) >= 11 is 0. The molecule has 1 aromatic carbocycles. The highest BCUT2D eigenvalue weighted by atomic mass is 16.5. The lowest BCUT2D eigenvalue weighted by molar-refractivity contribution is -0.144. The summed E-state index contributed by atoms with van der Waals surface area (Å²) in [7, 11) is 0. The molecule has 0 aliphatic heterocycles. The van der Waals surface area contributed by atoms with E-state index >= 15 is 0 Å². The van der Waals surface area contributed by atoms with Gasteiger partial charge in [0.1, 0.15) is 11.5 Å². The maximum absolute atomic E-state index is 12.4. The first-order valence-electron chi connectivity index (χ1n) is 9.15. The number of carbonyl (C=O) groups excluding carboxylic acids is 1. The summed E-state index contributed by atoms with van der Waals surface area (Å²) in [4.78, 5) is 24.2. The van der Waals surface area contributed by atoms with Crippen LogP contribution in [0.2, 0.25) is 0 Å². The number of nitrogens with one attached hydrogen (secondary N) is 1. The minimum absolute atomic E-state index is 0.0313. The van der Waals surface area contributed by atoms with Crippen molar-refractivity contribution in [3.63, 3.8) is 0 Å². The van der Waals surface area contributed by atoms with Crippen LogP contribution in [0.25, 0.3) is 0 Å². The zero-order chi connectivity index (χ0) is 18.3. The minimum atomic E-state index is -1.17. The number of carboxylic acids is 1. The fraction of sp³-hybridized carbons (Fsp3) is 0.600. The second kappa shape index (κ2) is 8.99. The molecule has 0 spiro atoms. The van der Waals surface area contributed by atoms with Gasteiger partial charge < -0.3 is 15.2 Å². The van der Waals surface area contributed by atoms with Crippen LogP contribution in [0.1, 0.15) is 57.9 Å². The average Bonchev–Trinajstić information content (AvgIpc) is 2.88. The molecule has 1 aliphatic carbocycles. The van der Waals surface area contributed by atoms with Gasteiger partial charge in [0.05, 0.1) is 6.10 Å². The highest BCUT2D eigenvalue weighted by Gasteiger charge is 2.36. The highest BCUT2D eigenvalue weighted by molar-refractivity contribution is 5.84. The first kappa shape index (κ1) is 19.4. The van der Waals surface area contributed by atoms with E-state index in [0.717, 1.165) is 25.7 Å². The number of benzene rings is 1. The van der Waals surface area contributed by atoms with E-state index in [-0.39, 0.29) is 18.6 Å². The third-order valence-electron chi connectivity index (χ3n) is 5.07. The molecule has 1 amide bonds. The monoisotopic (exact) mass is 347 g/mol. The summed E-state index contributed by atoms with van der Waals surface area (Å²) in [5, 5.41) is 12.4. The van der Waals surface area contributed by atoms with E-state index < -0.39 is 17.5 Å². The van der Waals surface area contributed by atoms with E-state index in [4.69, 9.17) is 4.74 Å². The summed E-state index contributed by atoms with van der Waals surface area (Å²) in [5.74, 6) is -1.22. The van der Waals surface area contributed by atoms with Crippen molar-refractivity contribution in [3.05, 3.63) is 35.9 Å². The molecule has 1 saturated carbocycles. The number of carboxylic acid groups (broad SMARTS) is 1. The second-order valence-corrected chi connectivity index (χ2v) is 7.11. The van der Waals surface area contributed by atoms with Gasteiger partial charge in [-0.2, -0.15) is 0 Å². The van der Waals surface area contributed by atoms with Gasteiger partial charge in [-0.1, -0.05) is 56.0 Å². The van der Waals surface area contributed by atoms with Gasteiger partial charge in [-0.3, -0.25) is 9.59 Å². The predicted molar refractivity (Wildman–Crippen MR) is 96.5 cm³/mol. The van der Waals surface area contributed by atoms with Gasteiger partial charge in [0.2, 0.25) is 5.91 Å². The topological polar surface area (TPSA) is 75.6 Å². The van der Waals surface area contributed by atoms with E-state index in [1.54, 1.807) is 38.1 Å². The van der Waals surface area contributed by atoms with E-state index in [0.29, 0.717) is 5.56 Å². The zero-order valence-electron chi connectivity index (χ0n) is 15.2. The van der Waals surface area contributed by atoms with E-state index in [9.17, 15) is 14.7 Å². The summed E-state index contributed by atoms with van der Waals surface area (Å²) < 4.78 is 5.91. The molecular weight excluding hydrogens is 318 g/mol. The van der Waals surface area contributed by atoms with Crippen LogP contribution in [0.3, 0.4) is 0 Å². The molecule has 2 unspecified atom stereocenters. The number of amides is 1. The Morgan fingerprint density at radius 2 is 1.80 bits per heavy atom. The lowest BCUT2D eigenvalue weighted by Crippen LogP contribution is -2.47. The van der Waals surface area contributed by atoms with Crippen molar-refractivity contribution in [3.8, 4) is 0 Å². The Morgan fingerprint density at radius 3 is 2.36 bits per heavy atom. The van der Waals surface area contributed by atoms with Crippen molar-refractivity contribution in [2.45, 2.75) is 70.0 Å². The minimum Gasteiger partial charge on any atom is -0.481 e. The predicted octanol–water partition coefficient (Wildman–Crippen LogP) is 3.27. The summed E-state index contributed by atoms with van der Waals surface area (Å²) in [6.07, 6.45) is 6.29. The van der Waals surface area contributed by atoms with E-state index in [2.05, 4.69) is 5.32 Å². The fourth-order valence-electron chi connectivity index (χ4n) is 3.24. The summed E-state index contributed by atoms with van der Waals surface area (Å²) in [6, 6.07) is 8.98. The number of aliphatic carboxylic acids is 1. The van der Waals surface area contributed by atoms with Crippen molar-refractivity contribution in [1.29, 1.82) is 0 Å². The van der Waals surface area contributed by atoms with Crippen LogP contribution in [0.15, 0.2) is 30.3 Å². The number of carbonyl (C=O) groups is 2. The van der Waals surface area contributed by atoms with Gasteiger partial charge in [0.15, 0.2) is 0 Å². The van der Waals surface area contributed by atoms with Crippen LogP contribution in [0.5, 0.6) is 0 Å². The van der Waals surface area contributed by atoms with Crippen LogP contribution in [-0.2, 0) is 19.7 Å². The zero-order valence-corrected chi connectivity index (χ0v) is 15.2. The smallest absolute Gasteiger partial charge is 0.315 e. The molecule has 0 radical (unpaired) electrons. The van der Waals surface area contributed by atoms with Crippen molar-refractivity contribution in [1.82, 2.24) is 5.32 Å². The average molecular weight is 347 g/mol. The highest BCUT2D eigenvalue weighted by Crippen LogP contribution is 2.24. The van der Waals surface area contributed by atoms with Gasteiger partial charge in [0, 0.05) is 6.54 Å². The Balaban J connectivity index is 1.93. The Kier molecular flexibility index (Phi) is 7.00. The molecule has 25 heavy (non-hydrogen) atoms. The van der Waals surface area contributed by atoms with Crippen LogP contribution >= 0.6 is 0 Å².